The smallest absolute Gasteiger partial charge is 0.269 e. The number of hydrogen-bond donors (Lipinski definition) is 2. The molecule has 0 saturated heterocycles. The van der Waals surface area contributed by atoms with Crippen molar-refractivity contribution in [3.8, 4) is 17.2 Å². The lowest BCUT2D eigenvalue weighted by molar-refractivity contribution is 0.0949. The Hall–Kier alpha value is -3.74. The number of carbonyl (C=O) groups excluding carboxylic acids is 1. The van der Waals surface area contributed by atoms with Gasteiger partial charge in [0.25, 0.3) is 5.91 Å². The number of carbonyl (C=O) groups is 1. The summed E-state index contributed by atoms with van der Waals surface area (Å²) in [5, 5.41) is 6.12. The first kappa shape index (κ1) is 18.6. The van der Waals surface area contributed by atoms with Gasteiger partial charge in [-0.05, 0) is 48.4 Å². The van der Waals surface area contributed by atoms with Gasteiger partial charge >= 0.3 is 0 Å². The van der Waals surface area contributed by atoms with Crippen molar-refractivity contribution in [3.05, 3.63) is 72.1 Å². The summed E-state index contributed by atoms with van der Waals surface area (Å²) in [6.07, 6.45) is 2.36. The first-order valence-electron chi connectivity index (χ1n) is 9.25. The summed E-state index contributed by atoms with van der Waals surface area (Å²) in [4.78, 5) is 16.5. The van der Waals surface area contributed by atoms with Gasteiger partial charge in [-0.2, -0.15) is 0 Å². The minimum Gasteiger partial charge on any atom is -0.497 e. The van der Waals surface area contributed by atoms with Crippen LogP contribution in [0.15, 0.2) is 60.8 Å². The van der Waals surface area contributed by atoms with Gasteiger partial charge in [-0.25, -0.2) is 4.98 Å². The molecular weight excluding hydrogens is 370 g/mol. The molecule has 4 rings (SSSR count). The first-order valence-corrected chi connectivity index (χ1v) is 9.25. The molecule has 0 atom stereocenters. The molecule has 3 aromatic rings. The molecule has 1 aliphatic rings. The minimum atomic E-state index is -0.201. The van der Waals surface area contributed by atoms with E-state index in [9.17, 15) is 4.79 Å². The number of amides is 1. The molecule has 2 aromatic carbocycles. The van der Waals surface area contributed by atoms with Crippen molar-refractivity contribution in [3.63, 3.8) is 0 Å². The zero-order chi connectivity index (χ0) is 20.1. The summed E-state index contributed by atoms with van der Waals surface area (Å²) >= 11 is 0. The number of hydrogen-bond acceptors (Lipinski definition) is 6. The van der Waals surface area contributed by atoms with Gasteiger partial charge in [0.15, 0.2) is 11.5 Å². The quantitative estimate of drug-likeness (QED) is 0.641. The third-order valence-electron chi connectivity index (χ3n) is 4.52. The van der Waals surface area contributed by atoms with E-state index in [1.165, 1.54) is 0 Å². The Labute approximate surface area is 168 Å². The van der Waals surface area contributed by atoms with E-state index in [1.807, 2.05) is 48.5 Å². The Balaban J connectivity index is 1.29. The zero-order valence-electron chi connectivity index (χ0n) is 16.0. The van der Waals surface area contributed by atoms with Crippen molar-refractivity contribution in [1.82, 2.24) is 10.3 Å². The molecule has 0 fully saturated rings. The molecule has 0 unspecified atom stereocenters. The SMILES string of the molecule is COc1ccc(CCNC(=O)c2ccc(Nc3ccc4c(c3)OCO4)cn2)cc1. The third-order valence-corrected chi connectivity index (χ3v) is 4.52. The number of nitrogens with zero attached hydrogens (tertiary/aromatic N) is 1. The molecule has 0 saturated carbocycles. The standard InChI is InChI=1S/C22H21N3O4/c1-27-18-6-2-15(3-7-18)10-11-23-22(26)19-8-4-17(13-24-19)25-16-5-9-20-21(12-16)29-14-28-20/h2-9,12-13,25H,10-11,14H2,1H3,(H,23,26). The summed E-state index contributed by atoms with van der Waals surface area (Å²) < 4.78 is 15.8. The van der Waals surface area contributed by atoms with Gasteiger partial charge in [-0.15, -0.1) is 0 Å². The van der Waals surface area contributed by atoms with Gasteiger partial charge in [-0.3, -0.25) is 4.79 Å². The number of anilines is 2. The van der Waals surface area contributed by atoms with Crippen molar-refractivity contribution in [2.24, 2.45) is 0 Å². The van der Waals surface area contributed by atoms with E-state index in [1.54, 1.807) is 19.4 Å². The number of rotatable bonds is 7. The van der Waals surface area contributed by atoms with Crippen LogP contribution in [-0.4, -0.2) is 31.3 Å². The number of ether oxygens (including phenoxy) is 3. The summed E-state index contributed by atoms with van der Waals surface area (Å²) in [7, 11) is 1.64. The molecule has 7 nitrogen and oxygen atoms in total. The predicted octanol–water partition coefficient (Wildman–Crippen LogP) is 3.54. The molecule has 7 heteroatoms. The number of fused-ring (bicyclic) bond motifs is 1. The molecule has 148 valence electrons. The fourth-order valence-electron chi connectivity index (χ4n) is 2.95. The van der Waals surface area contributed by atoms with Crippen molar-refractivity contribution in [2.75, 3.05) is 25.8 Å². The highest BCUT2D eigenvalue weighted by molar-refractivity contribution is 5.92. The molecule has 1 aliphatic heterocycles. The van der Waals surface area contributed by atoms with E-state index in [4.69, 9.17) is 14.2 Å². The Morgan fingerprint density at radius 2 is 1.83 bits per heavy atom. The molecule has 29 heavy (non-hydrogen) atoms. The molecule has 0 spiro atoms. The lowest BCUT2D eigenvalue weighted by Crippen LogP contribution is -2.26. The van der Waals surface area contributed by atoms with Crippen LogP contribution < -0.4 is 24.8 Å². The van der Waals surface area contributed by atoms with Gasteiger partial charge in [0.1, 0.15) is 11.4 Å². The van der Waals surface area contributed by atoms with Crippen LogP contribution in [0.2, 0.25) is 0 Å². The molecule has 0 aliphatic carbocycles. The highest BCUT2D eigenvalue weighted by Gasteiger charge is 2.13. The van der Waals surface area contributed by atoms with E-state index < -0.39 is 0 Å². The first-order chi connectivity index (χ1) is 14.2. The second-order valence-corrected chi connectivity index (χ2v) is 6.48. The molecule has 1 aromatic heterocycles. The van der Waals surface area contributed by atoms with E-state index in [0.29, 0.717) is 18.0 Å². The lowest BCUT2D eigenvalue weighted by Gasteiger charge is -2.08. The maximum atomic E-state index is 12.3. The van der Waals surface area contributed by atoms with Crippen LogP contribution in [0.5, 0.6) is 17.2 Å². The number of aromatic nitrogens is 1. The van der Waals surface area contributed by atoms with E-state index in [2.05, 4.69) is 15.6 Å². The number of methoxy groups -OCH3 is 1. The highest BCUT2D eigenvalue weighted by Crippen LogP contribution is 2.35. The number of benzene rings is 2. The monoisotopic (exact) mass is 391 g/mol. The fourth-order valence-corrected chi connectivity index (χ4v) is 2.95. The van der Waals surface area contributed by atoms with Crippen LogP contribution in [-0.2, 0) is 6.42 Å². The second kappa shape index (κ2) is 8.52. The van der Waals surface area contributed by atoms with Gasteiger partial charge < -0.3 is 24.8 Å². The maximum absolute atomic E-state index is 12.3. The van der Waals surface area contributed by atoms with Crippen LogP contribution in [0.4, 0.5) is 11.4 Å². The normalized spacial score (nSPS) is 11.8. The Kier molecular flexibility index (Phi) is 5.47. The Morgan fingerprint density at radius 1 is 1.03 bits per heavy atom. The van der Waals surface area contributed by atoms with Gasteiger partial charge in [-0.1, -0.05) is 12.1 Å². The Bertz CT molecular complexity index is 988. The van der Waals surface area contributed by atoms with Crippen molar-refractivity contribution in [1.29, 1.82) is 0 Å². The van der Waals surface area contributed by atoms with Crippen molar-refractivity contribution >= 4 is 17.3 Å². The van der Waals surface area contributed by atoms with Gasteiger partial charge in [0.2, 0.25) is 6.79 Å². The molecule has 0 radical (unpaired) electrons. The average Bonchev–Trinajstić information content (AvgIpc) is 3.22. The molecule has 1 amide bonds. The number of pyridine rings is 1. The largest absolute Gasteiger partial charge is 0.497 e. The van der Waals surface area contributed by atoms with Gasteiger partial charge in [0, 0.05) is 18.3 Å². The molecular formula is C22H21N3O4. The molecule has 2 heterocycles. The predicted molar refractivity (Wildman–Crippen MR) is 109 cm³/mol. The van der Waals surface area contributed by atoms with Crippen LogP contribution >= 0.6 is 0 Å². The second-order valence-electron chi connectivity index (χ2n) is 6.48. The minimum absolute atomic E-state index is 0.201. The van der Waals surface area contributed by atoms with Crippen molar-refractivity contribution < 1.29 is 19.0 Å². The van der Waals surface area contributed by atoms with Gasteiger partial charge in [0.05, 0.1) is 19.0 Å². The van der Waals surface area contributed by atoms with Crippen LogP contribution in [0.25, 0.3) is 0 Å². The zero-order valence-corrected chi connectivity index (χ0v) is 16.0. The topological polar surface area (TPSA) is 81.7 Å². The third kappa shape index (κ3) is 4.57. The molecule has 0 bridgehead atoms. The molecule has 2 N–H and O–H groups in total. The van der Waals surface area contributed by atoms with Crippen LogP contribution in [0, 0.1) is 0 Å². The summed E-state index contributed by atoms with van der Waals surface area (Å²) in [5.41, 5.74) is 3.13. The Morgan fingerprint density at radius 3 is 2.59 bits per heavy atom. The maximum Gasteiger partial charge on any atom is 0.269 e. The lowest BCUT2D eigenvalue weighted by atomic mass is 10.1. The van der Waals surface area contributed by atoms with Crippen LogP contribution in [0.3, 0.4) is 0 Å². The fraction of sp³-hybridized carbons (Fsp3) is 0.182. The van der Waals surface area contributed by atoms with E-state index in [-0.39, 0.29) is 12.7 Å². The number of nitrogens with one attached hydrogen (secondary N) is 2. The summed E-state index contributed by atoms with van der Waals surface area (Å²) in [5.74, 6) is 2.05. The van der Waals surface area contributed by atoms with E-state index in [0.717, 1.165) is 34.9 Å². The highest BCUT2D eigenvalue weighted by atomic mass is 16.7. The van der Waals surface area contributed by atoms with E-state index >= 15 is 0 Å². The summed E-state index contributed by atoms with van der Waals surface area (Å²) in [6.45, 7) is 0.770. The summed E-state index contributed by atoms with van der Waals surface area (Å²) in [6, 6.07) is 16.9. The van der Waals surface area contributed by atoms with Crippen molar-refractivity contribution in [2.45, 2.75) is 6.42 Å². The van der Waals surface area contributed by atoms with Crippen LogP contribution in [0.1, 0.15) is 16.1 Å². The average molecular weight is 391 g/mol.